The molecule has 35 heavy (non-hydrogen) atoms. The summed E-state index contributed by atoms with van der Waals surface area (Å²) < 4.78 is 11.8. The van der Waals surface area contributed by atoms with Crippen LogP contribution in [0.15, 0.2) is 64.6 Å². The van der Waals surface area contributed by atoms with E-state index in [-0.39, 0.29) is 23.4 Å². The minimum atomic E-state index is -1.13. The van der Waals surface area contributed by atoms with E-state index >= 15 is 0 Å². The second kappa shape index (κ2) is 11.8. The molecule has 0 saturated carbocycles. The number of nitrogens with zero attached hydrogens (tertiary/aromatic N) is 1. The zero-order chi connectivity index (χ0) is 25.5. The summed E-state index contributed by atoms with van der Waals surface area (Å²) in [6.07, 6.45) is 1.38. The zero-order valence-corrected chi connectivity index (χ0v) is 21.2. The average Bonchev–Trinajstić information content (AvgIpc) is 2.82. The Morgan fingerprint density at radius 1 is 1.14 bits per heavy atom. The third-order valence-electron chi connectivity index (χ3n) is 4.71. The van der Waals surface area contributed by atoms with Gasteiger partial charge in [-0.05, 0) is 54.1 Å². The fourth-order valence-corrected chi connectivity index (χ4v) is 3.86. The number of carboxylic acid groups (broad SMARTS) is 1. The number of anilines is 1. The molecule has 178 valence electrons. The van der Waals surface area contributed by atoms with Gasteiger partial charge in [0.25, 0.3) is 5.91 Å². The highest BCUT2D eigenvalue weighted by molar-refractivity contribution is 9.10. The molecule has 0 aliphatic heterocycles. The Bertz CT molecular complexity index is 1370. The smallest absolute Gasteiger partial charge is 0.335 e. The Balaban J connectivity index is 1.83. The summed E-state index contributed by atoms with van der Waals surface area (Å²) in [5.74, 6) is -1.04. The molecule has 10 heteroatoms. The summed E-state index contributed by atoms with van der Waals surface area (Å²) in [7, 11) is 1.46. The van der Waals surface area contributed by atoms with Gasteiger partial charge in [-0.15, -0.1) is 0 Å². The highest BCUT2D eigenvalue weighted by Gasteiger charge is 2.15. The number of ether oxygens (including phenoxy) is 2. The molecule has 7 nitrogen and oxygen atoms in total. The van der Waals surface area contributed by atoms with Crippen molar-refractivity contribution >= 4 is 62.8 Å². The molecule has 1 amide bonds. The first-order valence-electron chi connectivity index (χ1n) is 9.92. The number of halogens is 3. The van der Waals surface area contributed by atoms with Gasteiger partial charge in [-0.2, -0.15) is 5.26 Å². The number of hydrogen-bond acceptors (Lipinski definition) is 5. The first-order valence-corrected chi connectivity index (χ1v) is 11.5. The lowest BCUT2D eigenvalue weighted by atomic mass is 10.1. The van der Waals surface area contributed by atoms with Gasteiger partial charge in [-0.3, -0.25) is 4.79 Å². The van der Waals surface area contributed by atoms with Crippen LogP contribution in [0, 0.1) is 11.3 Å². The monoisotopic (exact) mass is 574 g/mol. The quantitative estimate of drug-likeness (QED) is 0.232. The predicted octanol–water partition coefficient (Wildman–Crippen LogP) is 6.59. The van der Waals surface area contributed by atoms with Crippen LogP contribution in [-0.4, -0.2) is 24.1 Å². The normalized spacial score (nSPS) is 10.9. The topological polar surface area (TPSA) is 109 Å². The number of carbonyl (C=O) groups is 2. The number of carboxylic acids is 1. The van der Waals surface area contributed by atoms with Crippen molar-refractivity contribution in [1.29, 1.82) is 5.26 Å². The van der Waals surface area contributed by atoms with Gasteiger partial charge in [0.1, 0.15) is 18.2 Å². The maximum Gasteiger partial charge on any atom is 0.335 e. The SMILES string of the molecule is COc1cc(/C=C(/C#N)C(=O)Nc2cccc(C(=O)O)c2)c(Br)cc1OCc1ccc(Cl)cc1Cl. The van der Waals surface area contributed by atoms with Crippen LogP contribution in [-0.2, 0) is 11.4 Å². The number of nitriles is 1. The third-order valence-corrected chi connectivity index (χ3v) is 5.99. The third kappa shape index (κ3) is 6.76. The van der Waals surface area contributed by atoms with Crippen molar-refractivity contribution in [2.45, 2.75) is 6.61 Å². The molecule has 0 radical (unpaired) electrons. The van der Waals surface area contributed by atoms with Gasteiger partial charge in [-0.25, -0.2) is 4.79 Å². The van der Waals surface area contributed by atoms with E-state index in [2.05, 4.69) is 21.2 Å². The van der Waals surface area contributed by atoms with E-state index in [0.29, 0.717) is 31.6 Å². The first-order chi connectivity index (χ1) is 16.7. The van der Waals surface area contributed by atoms with Crippen LogP contribution in [0.3, 0.4) is 0 Å². The lowest BCUT2D eigenvalue weighted by Gasteiger charge is -2.14. The van der Waals surface area contributed by atoms with Crippen LogP contribution < -0.4 is 14.8 Å². The summed E-state index contributed by atoms with van der Waals surface area (Å²) >= 11 is 15.6. The Hall–Kier alpha value is -3.51. The van der Waals surface area contributed by atoms with Crippen LogP contribution in [0.1, 0.15) is 21.5 Å². The van der Waals surface area contributed by atoms with E-state index in [1.165, 1.54) is 37.5 Å². The van der Waals surface area contributed by atoms with Gasteiger partial charge >= 0.3 is 5.97 Å². The average molecular weight is 576 g/mol. The number of nitrogens with one attached hydrogen (secondary N) is 1. The van der Waals surface area contributed by atoms with Gasteiger partial charge in [0.05, 0.1) is 12.7 Å². The molecule has 2 N–H and O–H groups in total. The molecule has 0 bridgehead atoms. The van der Waals surface area contributed by atoms with Crippen LogP contribution in [0.25, 0.3) is 6.08 Å². The number of rotatable bonds is 8. The molecule has 0 unspecified atom stereocenters. The Labute approximate surface area is 219 Å². The summed E-state index contributed by atoms with van der Waals surface area (Å²) in [5, 5.41) is 22.2. The number of methoxy groups -OCH3 is 1. The van der Waals surface area contributed by atoms with E-state index in [9.17, 15) is 14.9 Å². The number of carbonyl (C=O) groups excluding carboxylic acids is 1. The van der Waals surface area contributed by atoms with Crippen molar-refractivity contribution in [3.8, 4) is 17.6 Å². The zero-order valence-electron chi connectivity index (χ0n) is 18.1. The number of benzene rings is 3. The molecule has 0 heterocycles. The predicted molar refractivity (Wildman–Crippen MR) is 137 cm³/mol. The lowest BCUT2D eigenvalue weighted by Crippen LogP contribution is -2.14. The molecular formula is C25H17BrCl2N2O5. The molecule has 3 aromatic carbocycles. The number of aromatic carboxylic acids is 1. The maximum absolute atomic E-state index is 12.6. The largest absolute Gasteiger partial charge is 0.493 e. The first kappa shape index (κ1) is 26.1. The molecule has 0 spiro atoms. The van der Waals surface area contributed by atoms with Crippen molar-refractivity contribution < 1.29 is 24.2 Å². The van der Waals surface area contributed by atoms with Crippen molar-refractivity contribution in [2.24, 2.45) is 0 Å². The van der Waals surface area contributed by atoms with Gasteiger partial charge in [0.15, 0.2) is 11.5 Å². The second-order valence-corrected chi connectivity index (χ2v) is 8.76. The van der Waals surface area contributed by atoms with Crippen LogP contribution >= 0.6 is 39.1 Å². The molecule has 0 fully saturated rings. The second-order valence-electron chi connectivity index (χ2n) is 7.06. The molecule has 0 aromatic heterocycles. The van der Waals surface area contributed by atoms with Gasteiger partial charge in [0.2, 0.25) is 0 Å². The van der Waals surface area contributed by atoms with E-state index in [0.717, 1.165) is 5.56 Å². The highest BCUT2D eigenvalue weighted by atomic mass is 79.9. The molecular weight excluding hydrogens is 559 g/mol. The van der Waals surface area contributed by atoms with E-state index in [1.54, 1.807) is 30.3 Å². The Morgan fingerprint density at radius 2 is 1.91 bits per heavy atom. The molecule has 0 aliphatic rings. The molecule has 0 saturated heterocycles. The molecule has 0 atom stereocenters. The standard InChI is InChI=1S/C25H17BrCl2N2O5/c1-34-22-9-16(20(26)11-23(22)35-13-15-5-6-18(27)10-21(15)28)7-17(12-29)24(31)30-19-4-2-3-14(8-19)25(32)33/h2-11H,13H2,1H3,(H,30,31)(H,32,33)/b17-7-. The van der Waals surface area contributed by atoms with Gasteiger partial charge < -0.3 is 19.9 Å². The Morgan fingerprint density at radius 3 is 2.57 bits per heavy atom. The van der Waals surface area contributed by atoms with E-state index in [1.807, 2.05) is 6.07 Å². The van der Waals surface area contributed by atoms with E-state index in [4.69, 9.17) is 37.8 Å². The Kier molecular flexibility index (Phi) is 8.77. The van der Waals surface area contributed by atoms with Crippen molar-refractivity contribution in [3.63, 3.8) is 0 Å². The van der Waals surface area contributed by atoms with Crippen molar-refractivity contribution in [1.82, 2.24) is 0 Å². The van der Waals surface area contributed by atoms with Crippen LogP contribution in [0.2, 0.25) is 10.0 Å². The summed E-state index contributed by atoms with van der Waals surface area (Å²) in [5.41, 5.74) is 1.28. The minimum Gasteiger partial charge on any atom is -0.493 e. The summed E-state index contributed by atoms with van der Waals surface area (Å²) in [6, 6.07) is 15.9. The highest BCUT2D eigenvalue weighted by Crippen LogP contribution is 2.35. The maximum atomic E-state index is 12.6. The van der Waals surface area contributed by atoms with Crippen LogP contribution in [0.4, 0.5) is 5.69 Å². The number of hydrogen-bond donors (Lipinski definition) is 2. The van der Waals surface area contributed by atoms with Gasteiger partial charge in [0, 0.05) is 25.8 Å². The fourth-order valence-electron chi connectivity index (χ4n) is 2.96. The fraction of sp³-hybridized carbons (Fsp3) is 0.0800. The molecule has 0 aliphatic carbocycles. The van der Waals surface area contributed by atoms with Crippen molar-refractivity contribution in [2.75, 3.05) is 12.4 Å². The lowest BCUT2D eigenvalue weighted by molar-refractivity contribution is -0.112. The van der Waals surface area contributed by atoms with Gasteiger partial charge in [-0.1, -0.05) is 51.3 Å². The summed E-state index contributed by atoms with van der Waals surface area (Å²) in [4.78, 5) is 23.8. The van der Waals surface area contributed by atoms with Crippen LogP contribution in [0.5, 0.6) is 11.5 Å². The number of amides is 1. The van der Waals surface area contributed by atoms with Crippen molar-refractivity contribution in [3.05, 3.63) is 91.4 Å². The minimum absolute atomic E-state index is 0.00763. The molecule has 3 aromatic rings. The van der Waals surface area contributed by atoms with E-state index < -0.39 is 11.9 Å². The molecule has 3 rings (SSSR count). The summed E-state index contributed by atoms with van der Waals surface area (Å²) in [6.45, 7) is 0.162.